The van der Waals surface area contributed by atoms with Crippen LogP contribution in [0.5, 0.6) is 11.5 Å². The Kier molecular flexibility index (Phi) is 9.10. The van der Waals surface area contributed by atoms with E-state index in [-0.39, 0.29) is 23.6 Å². The zero-order chi connectivity index (χ0) is 24.5. The zero-order valence-corrected chi connectivity index (χ0v) is 20.4. The molecular formula is C27H34N2O5. The number of nitrogens with one attached hydrogen (secondary N) is 1. The fourth-order valence-electron chi connectivity index (χ4n) is 3.63. The summed E-state index contributed by atoms with van der Waals surface area (Å²) in [6, 6.07) is 14.5. The van der Waals surface area contributed by atoms with E-state index in [9.17, 15) is 9.59 Å². The van der Waals surface area contributed by atoms with Crippen LogP contribution in [0.3, 0.4) is 0 Å². The Morgan fingerprint density at radius 2 is 1.53 bits per heavy atom. The summed E-state index contributed by atoms with van der Waals surface area (Å²) < 4.78 is 16.5. The molecule has 0 fully saturated rings. The zero-order valence-electron chi connectivity index (χ0n) is 20.4. The molecule has 3 rings (SSSR count). The fraction of sp³-hybridized carbons (Fsp3) is 0.407. The number of hydrogen-bond donors (Lipinski definition) is 1. The minimum Gasteiger partial charge on any atom is -0.497 e. The van der Waals surface area contributed by atoms with Crippen molar-refractivity contribution in [3.05, 3.63) is 59.8 Å². The Bertz CT molecular complexity index is 997. The highest BCUT2D eigenvalue weighted by Gasteiger charge is 2.38. The highest BCUT2D eigenvalue weighted by atomic mass is 16.5. The number of nitrogens with zero attached hydrogens (tertiary/aromatic N) is 1. The Labute approximate surface area is 201 Å². The van der Waals surface area contributed by atoms with Gasteiger partial charge in [0.05, 0.1) is 18.8 Å². The Hall–Kier alpha value is -3.32. The second kappa shape index (κ2) is 12.2. The number of benzene rings is 2. The predicted molar refractivity (Wildman–Crippen MR) is 133 cm³/mol. The molecule has 0 aliphatic carbocycles. The van der Waals surface area contributed by atoms with E-state index >= 15 is 0 Å². The summed E-state index contributed by atoms with van der Waals surface area (Å²) in [6.45, 7) is 7.53. The molecule has 0 bridgehead atoms. The van der Waals surface area contributed by atoms with E-state index in [4.69, 9.17) is 14.2 Å². The molecule has 0 unspecified atom stereocenters. The number of methoxy groups -OCH3 is 1. The van der Waals surface area contributed by atoms with Crippen LogP contribution in [-0.2, 0) is 14.3 Å². The van der Waals surface area contributed by atoms with E-state index in [2.05, 4.69) is 12.2 Å². The number of carbonyl (C=O) groups is 2. The molecule has 2 aromatic carbocycles. The molecule has 7 nitrogen and oxygen atoms in total. The number of anilines is 1. The number of ether oxygens (including phenoxy) is 3. The lowest BCUT2D eigenvalue weighted by atomic mass is 10.0. The van der Waals surface area contributed by atoms with E-state index < -0.39 is 0 Å². The van der Waals surface area contributed by atoms with Gasteiger partial charge in [-0.3, -0.25) is 14.5 Å². The Morgan fingerprint density at radius 3 is 2.15 bits per heavy atom. The van der Waals surface area contributed by atoms with Gasteiger partial charge in [-0.2, -0.15) is 0 Å². The van der Waals surface area contributed by atoms with Gasteiger partial charge in [-0.05, 0) is 68.7 Å². The van der Waals surface area contributed by atoms with Gasteiger partial charge in [-0.25, -0.2) is 0 Å². The Morgan fingerprint density at radius 1 is 0.882 bits per heavy atom. The van der Waals surface area contributed by atoms with Gasteiger partial charge in [0.15, 0.2) is 0 Å². The molecule has 1 aliphatic heterocycles. The molecule has 2 aromatic rings. The van der Waals surface area contributed by atoms with Gasteiger partial charge in [0, 0.05) is 25.4 Å². The molecule has 1 N–H and O–H groups in total. The van der Waals surface area contributed by atoms with Gasteiger partial charge in [0.2, 0.25) is 0 Å². The van der Waals surface area contributed by atoms with E-state index in [0.29, 0.717) is 48.8 Å². The van der Waals surface area contributed by atoms with Crippen LogP contribution >= 0.6 is 0 Å². The molecule has 7 heteroatoms. The molecule has 34 heavy (non-hydrogen) atoms. The lowest BCUT2D eigenvalue weighted by molar-refractivity contribution is -0.137. The maximum Gasteiger partial charge on any atom is 0.278 e. The number of carbonyl (C=O) groups excluding carboxylic acids is 2. The van der Waals surface area contributed by atoms with Crippen LogP contribution in [-0.4, -0.2) is 49.7 Å². The second-order valence-corrected chi connectivity index (χ2v) is 8.38. The van der Waals surface area contributed by atoms with Crippen molar-refractivity contribution in [2.75, 3.05) is 32.2 Å². The van der Waals surface area contributed by atoms with Crippen molar-refractivity contribution >= 4 is 23.1 Å². The third-order valence-corrected chi connectivity index (χ3v) is 5.35. The minimum absolute atomic E-state index is 0.0664. The van der Waals surface area contributed by atoms with E-state index in [1.54, 1.807) is 31.4 Å². The number of rotatable bonds is 13. The van der Waals surface area contributed by atoms with Crippen molar-refractivity contribution in [3.63, 3.8) is 0 Å². The largest absolute Gasteiger partial charge is 0.497 e. The van der Waals surface area contributed by atoms with Crippen molar-refractivity contribution < 1.29 is 23.8 Å². The third-order valence-electron chi connectivity index (χ3n) is 5.35. The van der Waals surface area contributed by atoms with Crippen LogP contribution in [0, 0.1) is 0 Å². The van der Waals surface area contributed by atoms with Crippen LogP contribution < -0.4 is 14.8 Å². The van der Waals surface area contributed by atoms with Crippen LogP contribution in [0.2, 0.25) is 0 Å². The average molecular weight is 467 g/mol. The third kappa shape index (κ3) is 6.38. The summed E-state index contributed by atoms with van der Waals surface area (Å²) in [5.74, 6) is 0.763. The number of hydrogen-bond acceptors (Lipinski definition) is 6. The topological polar surface area (TPSA) is 77.1 Å². The first-order valence-corrected chi connectivity index (χ1v) is 11.8. The SMILES string of the molecule is CCCCOCCCN1C(=O)C(Nc2ccc(OC(C)C)cc2)=C(c2ccc(OC)cc2)C1=O. The molecule has 2 amide bonds. The maximum absolute atomic E-state index is 13.3. The number of unbranched alkanes of at least 4 members (excludes halogenated alkanes) is 1. The summed E-state index contributed by atoms with van der Waals surface area (Å²) in [7, 11) is 1.59. The van der Waals surface area contributed by atoms with Gasteiger partial charge >= 0.3 is 0 Å². The first-order chi connectivity index (χ1) is 16.4. The normalized spacial score (nSPS) is 13.7. The van der Waals surface area contributed by atoms with Gasteiger partial charge in [-0.15, -0.1) is 0 Å². The smallest absolute Gasteiger partial charge is 0.278 e. The maximum atomic E-state index is 13.3. The first kappa shape index (κ1) is 25.3. The van der Waals surface area contributed by atoms with Crippen molar-refractivity contribution in [1.29, 1.82) is 0 Å². The molecule has 0 atom stereocenters. The summed E-state index contributed by atoms with van der Waals surface area (Å²) in [6.07, 6.45) is 2.72. The number of imide groups is 1. The molecular weight excluding hydrogens is 432 g/mol. The van der Waals surface area contributed by atoms with E-state index in [1.807, 2.05) is 38.1 Å². The standard InChI is InChI=1S/C27H34N2O5/c1-5-6-17-33-18-7-16-29-26(30)24(20-8-12-22(32-4)13-9-20)25(27(29)31)28-21-10-14-23(15-11-21)34-19(2)3/h8-15,19,28H,5-7,16-18H2,1-4H3. The highest BCUT2D eigenvalue weighted by Crippen LogP contribution is 2.32. The molecule has 0 saturated carbocycles. The molecule has 182 valence electrons. The lowest BCUT2D eigenvalue weighted by Crippen LogP contribution is -2.34. The monoisotopic (exact) mass is 466 g/mol. The number of amides is 2. The summed E-state index contributed by atoms with van der Waals surface area (Å²) >= 11 is 0. The predicted octanol–water partition coefficient (Wildman–Crippen LogP) is 4.88. The second-order valence-electron chi connectivity index (χ2n) is 8.38. The molecule has 0 saturated heterocycles. The van der Waals surface area contributed by atoms with Crippen LogP contribution in [0.25, 0.3) is 5.57 Å². The van der Waals surface area contributed by atoms with Crippen LogP contribution in [0.4, 0.5) is 5.69 Å². The van der Waals surface area contributed by atoms with Crippen molar-refractivity contribution in [3.8, 4) is 11.5 Å². The lowest BCUT2D eigenvalue weighted by Gasteiger charge is -2.15. The highest BCUT2D eigenvalue weighted by molar-refractivity contribution is 6.36. The minimum atomic E-state index is -0.341. The van der Waals surface area contributed by atoms with Crippen molar-refractivity contribution in [2.24, 2.45) is 0 Å². The molecule has 0 radical (unpaired) electrons. The Balaban J connectivity index is 1.81. The van der Waals surface area contributed by atoms with Gasteiger partial charge in [0.25, 0.3) is 11.8 Å². The van der Waals surface area contributed by atoms with E-state index in [1.165, 1.54) is 4.90 Å². The van der Waals surface area contributed by atoms with Gasteiger partial charge < -0.3 is 19.5 Å². The fourth-order valence-corrected chi connectivity index (χ4v) is 3.63. The average Bonchev–Trinajstić information content (AvgIpc) is 3.06. The van der Waals surface area contributed by atoms with Crippen LogP contribution in [0.1, 0.15) is 45.6 Å². The summed E-state index contributed by atoms with van der Waals surface area (Å²) in [5.41, 5.74) is 1.97. The van der Waals surface area contributed by atoms with Crippen molar-refractivity contribution in [2.45, 2.75) is 46.1 Å². The quantitative estimate of drug-likeness (QED) is 0.335. The summed E-state index contributed by atoms with van der Waals surface area (Å²) in [4.78, 5) is 27.9. The molecule has 0 spiro atoms. The van der Waals surface area contributed by atoms with Gasteiger partial charge in [0.1, 0.15) is 17.2 Å². The summed E-state index contributed by atoms with van der Waals surface area (Å²) in [5, 5.41) is 3.18. The van der Waals surface area contributed by atoms with Crippen molar-refractivity contribution in [1.82, 2.24) is 4.90 Å². The van der Waals surface area contributed by atoms with Gasteiger partial charge in [-0.1, -0.05) is 25.5 Å². The van der Waals surface area contributed by atoms with E-state index in [0.717, 1.165) is 18.6 Å². The molecule has 1 aliphatic rings. The first-order valence-electron chi connectivity index (χ1n) is 11.8. The van der Waals surface area contributed by atoms with Crippen LogP contribution in [0.15, 0.2) is 54.2 Å². The molecule has 1 heterocycles. The molecule has 0 aromatic heterocycles.